The number of nitrogens with zero attached hydrogens (tertiary/aromatic N) is 2. The fourth-order valence-electron chi connectivity index (χ4n) is 9.70. The fraction of sp³-hybridized carbons (Fsp3) is 0.0508. The van der Waals surface area contributed by atoms with Gasteiger partial charge in [0, 0.05) is 39.5 Å². The predicted octanol–water partition coefficient (Wildman–Crippen LogP) is 16.6. The summed E-state index contributed by atoms with van der Waals surface area (Å²) >= 11 is 0. The molecule has 1 aliphatic carbocycles. The first-order chi connectivity index (χ1) is 30.0. The van der Waals surface area contributed by atoms with Gasteiger partial charge in [0.05, 0.1) is 0 Å². The van der Waals surface area contributed by atoms with Crippen LogP contribution in [0.3, 0.4) is 0 Å². The van der Waals surface area contributed by atoms with E-state index in [4.69, 9.17) is 0 Å². The van der Waals surface area contributed by atoms with E-state index in [1.165, 1.54) is 66.1 Å². The zero-order valence-electron chi connectivity index (χ0n) is 34.3. The molecule has 0 saturated carbocycles. The molecule has 2 nitrogen and oxygen atoms in total. The van der Waals surface area contributed by atoms with Gasteiger partial charge >= 0.3 is 0 Å². The van der Waals surface area contributed by atoms with Gasteiger partial charge in [-0.2, -0.15) is 0 Å². The van der Waals surface area contributed by atoms with Crippen LogP contribution in [0, 0.1) is 0 Å². The molecule has 2 heteroatoms. The van der Waals surface area contributed by atoms with E-state index < -0.39 is 0 Å². The number of benzene rings is 10. The molecule has 0 amide bonds. The number of rotatable bonds is 8. The van der Waals surface area contributed by atoms with Gasteiger partial charge in [0.2, 0.25) is 0 Å². The van der Waals surface area contributed by atoms with Crippen molar-refractivity contribution in [2.45, 2.75) is 19.3 Å². The zero-order chi connectivity index (χ0) is 40.9. The summed E-state index contributed by atoms with van der Waals surface area (Å²) in [7, 11) is 0. The lowest BCUT2D eigenvalue weighted by Crippen LogP contribution is -2.16. The molecule has 11 rings (SSSR count). The van der Waals surface area contributed by atoms with Gasteiger partial charge in [-0.3, -0.25) is 0 Å². The molecule has 0 unspecified atom stereocenters. The molecule has 0 N–H and O–H groups in total. The van der Waals surface area contributed by atoms with Gasteiger partial charge in [0.25, 0.3) is 0 Å². The molecule has 0 aliphatic heterocycles. The molecule has 0 atom stereocenters. The van der Waals surface area contributed by atoms with Crippen molar-refractivity contribution < 1.29 is 0 Å². The second kappa shape index (κ2) is 14.9. The molecular formula is C59H44N2. The Balaban J connectivity index is 0.982. The van der Waals surface area contributed by atoms with Gasteiger partial charge in [-0.05, 0) is 145 Å². The molecule has 0 fully saturated rings. The van der Waals surface area contributed by atoms with E-state index in [0.29, 0.717) is 0 Å². The third kappa shape index (κ3) is 6.27. The second-order valence-electron chi connectivity index (χ2n) is 16.5. The van der Waals surface area contributed by atoms with Crippen molar-refractivity contribution in [1.82, 2.24) is 0 Å². The molecule has 0 spiro atoms. The lowest BCUT2D eigenvalue weighted by atomic mass is 9.78. The Kier molecular flexibility index (Phi) is 8.86. The van der Waals surface area contributed by atoms with E-state index in [1.54, 1.807) is 0 Å². The first-order valence-corrected chi connectivity index (χ1v) is 21.2. The minimum atomic E-state index is -0.223. The number of fused-ring (bicyclic) bond motifs is 8. The lowest BCUT2D eigenvalue weighted by molar-refractivity contribution is 0.667. The molecule has 290 valence electrons. The lowest BCUT2D eigenvalue weighted by Gasteiger charge is -2.28. The van der Waals surface area contributed by atoms with Crippen molar-refractivity contribution in [2.24, 2.45) is 0 Å². The highest BCUT2D eigenvalue weighted by Gasteiger charge is 2.39. The Bertz CT molecular complexity index is 3130. The molecule has 0 bridgehead atoms. The first kappa shape index (κ1) is 36.4. The summed E-state index contributed by atoms with van der Waals surface area (Å²) in [6.45, 7) is 4.82. The first-order valence-electron chi connectivity index (χ1n) is 21.2. The van der Waals surface area contributed by atoms with Gasteiger partial charge < -0.3 is 9.80 Å². The van der Waals surface area contributed by atoms with Gasteiger partial charge in [-0.1, -0.05) is 166 Å². The minimum absolute atomic E-state index is 0.223. The van der Waals surface area contributed by atoms with Gasteiger partial charge in [-0.15, -0.1) is 0 Å². The van der Waals surface area contributed by atoms with Crippen LogP contribution in [0.2, 0.25) is 0 Å². The predicted molar refractivity (Wildman–Crippen MR) is 259 cm³/mol. The summed E-state index contributed by atoms with van der Waals surface area (Å²) < 4.78 is 0. The fourth-order valence-corrected chi connectivity index (χ4v) is 9.70. The maximum absolute atomic E-state index is 2.45. The van der Waals surface area contributed by atoms with Crippen molar-refractivity contribution in [1.29, 1.82) is 0 Å². The third-order valence-electron chi connectivity index (χ3n) is 12.6. The van der Waals surface area contributed by atoms with E-state index >= 15 is 0 Å². The van der Waals surface area contributed by atoms with Gasteiger partial charge in [0.15, 0.2) is 0 Å². The van der Waals surface area contributed by atoms with Gasteiger partial charge in [0.1, 0.15) is 0 Å². The summed E-state index contributed by atoms with van der Waals surface area (Å²) in [5.74, 6) is 0. The highest BCUT2D eigenvalue weighted by Crippen LogP contribution is 2.56. The second-order valence-corrected chi connectivity index (χ2v) is 16.5. The van der Waals surface area contributed by atoms with Crippen molar-refractivity contribution >= 4 is 55.7 Å². The summed E-state index contributed by atoms with van der Waals surface area (Å²) in [5.41, 5.74) is 16.9. The van der Waals surface area contributed by atoms with Crippen LogP contribution < -0.4 is 9.80 Å². The van der Waals surface area contributed by atoms with Crippen LogP contribution in [0.1, 0.15) is 25.0 Å². The summed E-state index contributed by atoms with van der Waals surface area (Å²) in [6, 6.07) is 83.7. The largest absolute Gasteiger partial charge is 0.311 e. The van der Waals surface area contributed by atoms with E-state index in [2.05, 4.69) is 254 Å². The van der Waals surface area contributed by atoms with Crippen LogP contribution in [-0.2, 0) is 5.41 Å². The third-order valence-corrected chi connectivity index (χ3v) is 12.6. The Morgan fingerprint density at radius 1 is 0.295 bits per heavy atom. The van der Waals surface area contributed by atoms with Crippen LogP contribution in [0.15, 0.2) is 231 Å². The van der Waals surface area contributed by atoms with Gasteiger partial charge in [-0.25, -0.2) is 0 Å². The Morgan fingerprint density at radius 3 is 1.26 bits per heavy atom. The topological polar surface area (TPSA) is 6.48 Å². The van der Waals surface area contributed by atoms with E-state index in [1.807, 2.05) is 0 Å². The summed E-state index contributed by atoms with van der Waals surface area (Å²) in [5, 5.41) is 5.16. The van der Waals surface area contributed by atoms with Crippen molar-refractivity contribution in [3.8, 4) is 33.4 Å². The molecule has 10 aromatic carbocycles. The summed E-state index contributed by atoms with van der Waals surface area (Å²) in [4.78, 5) is 4.70. The molecule has 0 saturated heterocycles. The molecule has 0 aromatic heterocycles. The number of para-hydroxylation sites is 3. The SMILES string of the molecule is CC1(C)c2cc(-c3ccc(N(c4ccccc4)c4ccc(-c5ccccc5)cc4)cc3)ccc2-c2c1c1ccc(N(c3ccccc3)c3ccccc3)cc1c1ccccc21. The van der Waals surface area contributed by atoms with Crippen LogP contribution in [-0.4, -0.2) is 0 Å². The molecule has 0 heterocycles. The zero-order valence-corrected chi connectivity index (χ0v) is 34.3. The maximum atomic E-state index is 2.45. The highest BCUT2D eigenvalue weighted by atomic mass is 15.1. The Labute approximate surface area is 358 Å². The highest BCUT2D eigenvalue weighted by molar-refractivity contribution is 6.19. The quantitative estimate of drug-likeness (QED) is 0.142. The van der Waals surface area contributed by atoms with Crippen LogP contribution in [0.25, 0.3) is 54.9 Å². The number of anilines is 6. The Hall–Kier alpha value is -7.68. The number of hydrogen-bond donors (Lipinski definition) is 0. The van der Waals surface area contributed by atoms with E-state index in [9.17, 15) is 0 Å². The van der Waals surface area contributed by atoms with E-state index in [0.717, 1.165) is 34.1 Å². The monoisotopic (exact) mass is 780 g/mol. The molecule has 10 aromatic rings. The normalized spacial score (nSPS) is 12.6. The average molecular weight is 781 g/mol. The molecular weight excluding hydrogens is 737 g/mol. The molecule has 1 aliphatic rings. The standard InChI is InChI=1S/C59H44N2/c1-59(2)56-39-44(43-29-34-49(35-30-43)60(45-19-9-4-10-20-45)48-32-27-42(28-33-48)41-17-7-3-8-18-41)31-37-54(56)57-52-26-16-15-25-51(52)55-40-50(36-38-53(55)58(57)59)61(46-21-11-5-12-22-46)47-23-13-6-14-24-47/h3-40H,1-2H3. The van der Waals surface area contributed by atoms with Crippen molar-refractivity contribution in [3.63, 3.8) is 0 Å². The van der Waals surface area contributed by atoms with E-state index in [-0.39, 0.29) is 5.41 Å². The van der Waals surface area contributed by atoms with Crippen molar-refractivity contribution in [2.75, 3.05) is 9.80 Å². The number of hydrogen-bond acceptors (Lipinski definition) is 2. The van der Waals surface area contributed by atoms with Crippen molar-refractivity contribution in [3.05, 3.63) is 242 Å². The Morgan fingerprint density at radius 2 is 0.705 bits per heavy atom. The van der Waals surface area contributed by atoms with Crippen LogP contribution in [0.5, 0.6) is 0 Å². The van der Waals surface area contributed by atoms with Crippen LogP contribution >= 0.6 is 0 Å². The smallest absolute Gasteiger partial charge is 0.0468 e. The summed E-state index contributed by atoms with van der Waals surface area (Å²) in [6.07, 6.45) is 0. The maximum Gasteiger partial charge on any atom is 0.0468 e. The average Bonchev–Trinajstić information content (AvgIpc) is 3.57. The molecule has 0 radical (unpaired) electrons. The minimum Gasteiger partial charge on any atom is -0.311 e. The molecule has 61 heavy (non-hydrogen) atoms. The van der Waals surface area contributed by atoms with Crippen LogP contribution in [0.4, 0.5) is 34.1 Å².